The lowest BCUT2D eigenvalue weighted by molar-refractivity contribution is 0.163. The summed E-state index contributed by atoms with van der Waals surface area (Å²) in [5.74, 6) is 0. The van der Waals surface area contributed by atoms with E-state index in [4.69, 9.17) is 11.6 Å². The first-order valence-electron chi connectivity index (χ1n) is 5.26. The summed E-state index contributed by atoms with van der Waals surface area (Å²) in [5.41, 5.74) is 0.347. The first-order valence-corrected chi connectivity index (χ1v) is 7.59. The Labute approximate surface area is 106 Å². The highest BCUT2D eigenvalue weighted by molar-refractivity contribution is 7.91. The molecule has 0 aliphatic carbocycles. The van der Waals surface area contributed by atoms with Crippen LogP contribution in [0.1, 0.15) is 38.6 Å². The van der Waals surface area contributed by atoms with Gasteiger partial charge in [0.25, 0.3) is 0 Å². The van der Waals surface area contributed by atoms with Crippen LogP contribution in [0, 0.1) is 0 Å². The molecule has 0 aromatic carbocycles. The van der Waals surface area contributed by atoms with E-state index in [2.05, 4.69) is 5.10 Å². The lowest BCUT2D eigenvalue weighted by Crippen LogP contribution is -2.27. The van der Waals surface area contributed by atoms with Crippen molar-refractivity contribution in [3.05, 3.63) is 16.9 Å². The van der Waals surface area contributed by atoms with Crippen LogP contribution in [-0.4, -0.2) is 34.8 Å². The van der Waals surface area contributed by atoms with Crippen molar-refractivity contribution in [1.82, 2.24) is 9.78 Å². The van der Waals surface area contributed by atoms with Gasteiger partial charge in [-0.05, 0) is 20.8 Å². The molecule has 0 spiro atoms. The van der Waals surface area contributed by atoms with Crippen LogP contribution in [0.2, 0.25) is 5.02 Å². The largest absolute Gasteiger partial charge is 0.385 e. The average molecular weight is 281 g/mol. The maximum atomic E-state index is 11.4. The minimum atomic E-state index is -3.34. The summed E-state index contributed by atoms with van der Waals surface area (Å²) in [5, 5.41) is 13.5. The molecular formula is C10H17ClN2O3S. The van der Waals surface area contributed by atoms with Gasteiger partial charge in [0.2, 0.25) is 0 Å². The van der Waals surface area contributed by atoms with Crippen LogP contribution in [0.25, 0.3) is 0 Å². The third-order valence-electron chi connectivity index (χ3n) is 2.68. The van der Waals surface area contributed by atoms with Crippen LogP contribution in [0.15, 0.2) is 6.20 Å². The van der Waals surface area contributed by atoms with E-state index in [0.29, 0.717) is 5.69 Å². The molecule has 1 aromatic heterocycles. The predicted octanol–water partition coefficient (Wildman–Crippen LogP) is 1.58. The molecule has 5 nitrogen and oxygen atoms in total. The number of aromatic nitrogens is 2. The number of nitrogens with zero attached hydrogens (tertiary/aromatic N) is 2. The van der Waals surface area contributed by atoms with Crippen LogP contribution in [-0.2, 0) is 9.84 Å². The first-order chi connectivity index (χ1) is 7.66. The van der Waals surface area contributed by atoms with E-state index in [9.17, 15) is 13.5 Å². The molecule has 1 rings (SSSR count). The van der Waals surface area contributed by atoms with Crippen molar-refractivity contribution < 1.29 is 13.5 Å². The molecule has 0 radical (unpaired) electrons. The van der Waals surface area contributed by atoms with Gasteiger partial charge in [0.05, 0.1) is 22.2 Å². The summed E-state index contributed by atoms with van der Waals surface area (Å²) in [6, 6.07) is -0.00101. The number of rotatable bonds is 4. The lowest BCUT2D eigenvalue weighted by Gasteiger charge is -2.20. The molecule has 2 atom stereocenters. The van der Waals surface area contributed by atoms with Crippen LogP contribution in [0.4, 0.5) is 0 Å². The third-order valence-corrected chi connectivity index (χ3v) is 4.58. The second kappa shape index (κ2) is 4.96. The monoisotopic (exact) mass is 280 g/mol. The van der Waals surface area contributed by atoms with Crippen molar-refractivity contribution in [2.45, 2.75) is 38.2 Å². The Balaban J connectivity index is 3.20. The van der Waals surface area contributed by atoms with Gasteiger partial charge in [0, 0.05) is 12.3 Å². The zero-order valence-corrected chi connectivity index (χ0v) is 11.8. The van der Waals surface area contributed by atoms with Crippen molar-refractivity contribution in [3.63, 3.8) is 0 Å². The highest BCUT2D eigenvalue weighted by atomic mass is 35.5. The number of hydrogen-bond acceptors (Lipinski definition) is 4. The zero-order chi connectivity index (χ0) is 13.4. The van der Waals surface area contributed by atoms with Gasteiger partial charge >= 0.3 is 0 Å². The number of hydrogen-bond donors (Lipinski definition) is 1. The Kier molecular flexibility index (Phi) is 4.22. The van der Waals surface area contributed by atoms with Gasteiger partial charge in [0.1, 0.15) is 6.10 Å². The van der Waals surface area contributed by atoms with Crippen LogP contribution in [0.5, 0.6) is 0 Å². The fourth-order valence-corrected chi connectivity index (χ4v) is 2.33. The SMILES string of the molecule is CC(C)n1ncc(Cl)c1C(O)C(C)S(C)(=O)=O. The molecule has 0 aliphatic heterocycles. The summed E-state index contributed by atoms with van der Waals surface area (Å²) >= 11 is 5.94. The summed E-state index contributed by atoms with van der Waals surface area (Å²) in [7, 11) is -3.34. The molecule has 17 heavy (non-hydrogen) atoms. The minimum absolute atomic E-state index is 0.00101. The lowest BCUT2D eigenvalue weighted by atomic mass is 10.2. The van der Waals surface area contributed by atoms with Crippen molar-refractivity contribution in [2.24, 2.45) is 0 Å². The molecule has 0 fully saturated rings. The van der Waals surface area contributed by atoms with E-state index < -0.39 is 21.2 Å². The highest BCUT2D eigenvalue weighted by Gasteiger charge is 2.30. The molecule has 1 N–H and O–H groups in total. The molecule has 0 saturated carbocycles. The molecule has 7 heteroatoms. The number of aliphatic hydroxyl groups is 1. The van der Waals surface area contributed by atoms with Gasteiger partial charge in [-0.2, -0.15) is 5.10 Å². The number of sulfone groups is 1. The number of aliphatic hydroxyl groups excluding tert-OH is 1. The molecule has 0 saturated heterocycles. The molecular weight excluding hydrogens is 264 g/mol. The fourth-order valence-electron chi connectivity index (χ4n) is 1.50. The van der Waals surface area contributed by atoms with Crippen molar-refractivity contribution >= 4 is 21.4 Å². The van der Waals surface area contributed by atoms with Crippen LogP contribution < -0.4 is 0 Å². The molecule has 2 unspecified atom stereocenters. The van der Waals surface area contributed by atoms with Gasteiger partial charge in [-0.15, -0.1) is 0 Å². The standard InChI is InChI=1S/C10H17ClN2O3S/c1-6(2)13-9(8(11)5-12-13)10(14)7(3)17(4,15)16/h5-7,10,14H,1-4H3. The summed E-state index contributed by atoms with van der Waals surface area (Å²) in [6.45, 7) is 5.21. The topological polar surface area (TPSA) is 72.2 Å². The van der Waals surface area contributed by atoms with Gasteiger partial charge in [-0.25, -0.2) is 8.42 Å². The molecule has 1 aromatic rings. The van der Waals surface area contributed by atoms with E-state index in [0.717, 1.165) is 6.26 Å². The average Bonchev–Trinajstić information content (AvgIpc) is 2.56. The van der Waals surface area contributed by atoms with Gasteiger partial charge in [0.15, 0.2) is 9.84 Å². The predicted molar refractivity (Wildman–Crippen MR) is 66.9 cm³/mol. The van der Waals surface area contributed by atoms with Crippen LogP contribution >= 0.6 is 11.6 Å². The second-order valence-corrected chi connectivity index (χ2v) is 7.21. The maximum Gasteiger partial charge on any atom is 0.152 e. The van der Waals surface area contributed by atoms with E-state index in [1.165, 1.54) is 17.8 Å². The minimum Gasteiger partial charge on any atom is -0.385 e. The number of halogens is 1. The van der Waals surface area contributed by atoms with Crippen molar-refractivity contribution in [2.75, 3.05) is 6.26 Å². The molecule has 98 valence electrons. The molecule has 0 bridgehead atoms. The van der Waals surface area contributed by atoms with Gasteiger partial charge in [-0.1, -0.05) is 11.6 Å². The molecule has 0 aliphatic rings. The van der Waals surface area contributed by atoms with E-state index >= 15 is 0 Å². The van der Waals surface area contributed by atoms with E-state index in [-0.39, 0.29) is 11.1 Å². The normalized spacial score (nSPS) is 16.2. The summed E-state index contributed by atoms with van der Waals surface area (Å²) in [6.07, 6.45) is 1.32. The Hall–Kier alpha value is -0.590. The van der Waals surface area contributed by atoms with Crippen LogP contribution in [0.3, 0.4) is 0 Å². The maximum absolute atomic E-state index is 11.4. The first kappa shape index (κ1) is 14.5. The third kappa shape index (κ3) is 3.00. The fraction of sp³-hybridized carbons (Fsp3) is 0.700. The Morgan fingerprint density at radius 3 is 2.35 bits per heavy atom. The Morgan fingerprint density at radius 1 is 1.41 bits per heavy atom. The quantitative estimate of drug-likeness (QED) is 0.909. The summed E-state index contributed by atoms with van der Waals surface area (Å²) in [4.78, 5) is 0. The highest BCUT2D eigenvalue weighted by Crippen LogP contribution is 2.29. The van der Waals surface area contributed by atoms with Crippen molar-refractivity contribution in [1.29, 1.82) is 0 Å². The smallest absolute Gasteiger partial charge is 0.152 e. The van der Waals surface area contributed by atoms with Crippen molar-refractivity contribution in [3.8, 4) is 0 Å². The zero-order valence-electron chi connectivity index (χ0n) is 10.3. The summed E-state index contributed by atoms with van der Waals surface area (Å²) < 4.78 is 24.4. The van der Waals surface area contributed by atoms with Gasteiger partial charge in [-0.3, -0.25) is 4.68 Å². The Bertz CT molecular complexity index is 496. The van der Waals surface area contributed by atoms with E-state index in [1.807, 2.05) is 13.8 Å². The van der Waals surface area contributed by atoms with E-state index in [1.54, 1.807) is 0 Å². The molecule has 1 heterocycles. The second-order valence-electron chi connectivity index (χ2n) is 4.40. The Morgan fingerprint density at radius 2 is 1.94 bits per heavy atom. The molecule has 0 amide bonds. The van der Waals surface area contributed by atoms with Gasteiger partial charge < -0.3 is 5.11 Å².